The largest absolute Gasteiger partial charge is 0.468 e. The fourth-order valence-corrected chi connectivity index (χ4v) is 2.95. The number of amides is 2. The van der Waals surface area contributed by atoms with Crippen molar-refractivity contribution in [2.45, 2.75) is 19.5 Å². The number of nitrogens with zero attached hydrogens (tertiary/aromatic N) is 2. The van der Waals surface area contributed by atoms with Crippen LogP contribution in [0.3, 0.4) is 0 Å². The number of nitrogens with one attached hydrogen (secondary N) is 1. The third-order valence-electron chi connectivity index (χ3n) is 3.54. The van der Waals surface area contributed by atoms with Gasteiger partial charge >= 0.3 is 6.03 Å². The Labute approximate surface area is 135 Å². The van der Waals surface area contributed by atoms with Crippen LogP contribution in [0.4, 0.5) is 4.79 Å². The Morgan fingerprint density at radius 3 is 2.73 bits per heavy atom. The molecular formula is C16H23N3O2S. The maximum Gasteiger partial charge on any atom is 0.317 e. The molecule has 22 heavy (non-hydrogen) atoms. The van der Waals surface area contributed by atoms with Crippen molar-refractivity contribution in [2.75, 3.05) is 27.2 Å². The van der Waals surface area contributed by atoms with Crippen molar-refractivity contribution in [3.05, 3.63) is 46.5 Å². The number of thiophene rings is 1. The predicted molar refractivity (Wildman–Crippen MR) is 88.9 cm³/mol. The second-order valence-electron chi connectivity index (χ2n) is 5.27. The molecule has 0 aliphatic rings. The van der Waals surface area contributed by atoms with E-state index < -0.39 is 0 Å². The highest BCUT2D eigenvalue weighted by Gasteiger charge is 2.19. The number of urea groups is 1. The van der Waals surface area contributed by atoms with E-state index in [4.69, 9.17) is 4.42 Å². The zero-order valence-corrected chi connectivity index (χ0v) is 14.1. The molecule has 0 spiro atoms. The van der Waals surface area contributed by atoms with Crippen molar-refractivity contribution in [1.82, 2.24) is 15.1 Å². The normalized spacial score (nSPS) is 12.4. The van der Waals surface area contributed by atoms with Crippen LogP contribution in [0, 0.1) is 0 Å². The van der Waals surface area contributed by atoms with Gasteiger partial charge in [0.25, 0.3) is 0 Å². The second kappa shape index (κ2) is 8.00. The highest BCUT2D eigenvalue weighted by Crippen LogP contribution is 2.18. The van der Waals surface area contributed by atoms with E-state index in [1.165, 1.54) is 4.88 Å². The first-order chi connectivity index (χ1) is 10.6. The molecule has 2 heterocycles. The van der Waals surface area contributed by atoms with Gasteiger partial charge in [-0.15, -0.1) is 11.3 Å². The van der Waals surface area contributed by atoms with Gasteiger partial charge in [-0.25, -0.2) is 4.79 Å². The fraction of sp³-hybridized carbons (Fsp3) is 0.438. The molecule has 0 aromatic carbocycles. The van der Waals surface area contributed by atoms with Crippen LogP contribution in [0.1, 0.15) is 23.6 Å². The van der Waals surface area contributed by atoms with E-state index in [9.17, 15) is 4.79 Å². The Morgan fingerprint density at radius 1 is 1.36 bits per heavy atom. The molecule has 1 atom stereocenters. The van der Waals surface area contributed by atoms with Gasteiger partial charge in [-0.05, 0) is 44.6 Å². The van der Waals surface area contributed by atoms with Crippen molar-refractivity contribution in [2.24, 2.45) is 0 Å². The maximum atomic E-state index is 12.4. The lowest BCUT2D eigenvalue weighted by atomic mass is 10.2. The molecule has 1 N–H and O–H groups in total. The lowest BCUT2D eigenvalue weighted by Crippen LogP contribution is -2.42. The molecular weight excluding hydrogens is 298 g/mol. The quantitative estimate of drug-likeness (QED) is 0.852. The smallest absolute Gasteiger partial charge is 0.317 e. The van der Waals surface area contributed by atoms with Crippen molar-refractivity contribution < 1.29 is 9.21 Å². The SMILES string of the molecule is CCN(Cc1cccs1)C(=O)NC[C@H](c1ccco1)N(C)C. The van der Waals surface area contributed by atoms with Crippen LogP contribution in [0.5, 0.6) is 0 Å². The minimum absolute atomic E-state index is 0.0272. The van der Waals surface area contributed by atoms with Crippen molar-refractivity contribution >= 4 is 17.4 Å². The van der Waals surface area contributed by atoms with Gasteiger partial charge in [-0.3, -0.25) is 4.90 Å². The summed E-state index contributed by atoms with van der Waals surface area (Å²) in [5.41, 5.74) is 0. The third kappa shape index (κ3) is 4.35. The first-order valence-electron chi connectivity index (χ1n) is 7.36. The van der Waals surface area contributed by atoms with E-state index in [0.717, 1.165) is 5.76 Å². The Hall–Kier alpha value is -1.79. The summed E-state index contributed by atoms with van der Waals surface area (Å²) in [4.78, 5) is 17.4. The van der Waals surface area contributed by atoms with E-state index in [2.05, 4.69) is 5.32 Å². The van der Waals surface area contributed by atoms with Gasteiger partial charge in [0.05, 0.1) is 18.8 Å². The molecule has 2 amide bonds. The van der Waals surface area contributed by atoms with E-state index in [0.29, 0.717) is 19.6 Å². The number of carbonyl (C=O) groups excluding carboxylic acids is 1. The van der Waals surface area contributed by atoms with E-state index in [1.807, 2.05) is 55.6 Å². The van der Waals surface area contributed by atoms with Crippen molar-refractivity contribution in [3.8, 4) is 0 Å². The molecule has 0 saturated carbocycles. The summed E-state index contributed by atoms with van der Waals surface area (Å²) in [7, 11) is 3.95. The zero-order chi connectivity index (χ0) is 15.9. The highest BCUT2D eigenvalue weighted by molar-refractivity contribution is 7.09. The van der Waals surface area contributed by atoms with Crippen molar-refractivity contribution in [3.63, 3.8) is 0 Å². The Balaban J connectivity index is 1.92. The summed E-state index contributed by atoms with van der Waals surface area (Å²) in [6.07, 6.45) is 1.66. The third-order valence-corrected chi connectivity index (χ3v) is 4.40. The number of hydrogen-bond donors (Lipinski definition) is 1. The first-order valence-corrected chi connectivity index (χ1v) is 8.24. The molecule has 0 radical (unpaired) electrons. The molecule has 6 heteroatoms. The lowest BCUT2D eigenvalue weighted by molar-refractivity contribution is 0.190. The van der Waals surface area contributed by atoms with E-state index in [1.54, 1.807) is 22.5 Å². The second-order valence-corrected chi connectivity index (χ2v) is 6.31. The van der Waals surface area contributed by atoms with Gasteiger partial charge in [-0.1, -0.05) is 6.07 Å². The Kier molecular flexibility index (Phi) is 6.03. The standard InChI is InChI=1S/C16H23N3O2S/c1-4-19(12-13-7-6-10-22-13)16(20)17-11-14(18(2)3)15-8-5-9-21-15/h5-10,14H,4,11-12H2,1-3H3,(H,17,20)/t14-/m1/s1. The molecule has 0 fully saturated rings. The van der Waals surface area contributed by atoms with Gasteiger partial charge in [-0.2, -0.15) is 0 Å². The molecule has 0 bridgehead atoms. The van der Waals surface area contributed by atoms with Gasteiger partial charge in [0, 0.05) is 18.0 Å². The summed E-state index contributed by atoms with van der Waals surface area (Å²) in [5.74, 6) is 0.853. The van der Waals surface area contributed by atoms with Crippen LogP contribution in [-0.4, -0.2) is 43.0 Å². The van der Waals surface area contributed by atoms with Crippen LogP contribution < -0.4 is 5.32 Å². The Bertz CT molecular complexity index is 552. The maximum absolute atomic E-state index is 12.4. The number of likely N-dealkylation sites (N-methyl/N-ethyl adjacent to an activating group) is 1. The minimum Gasteiger partial charge on any atom is -0.468 e. The van der Waals surface area contributed by atoms with Gasteiger partial charge in [0.1, 0.15) is 5.76 Å². The van der Waals surface area contributed by atoms with Crippen LogP contribution in [0.15, 0.2) is 40.3 Å². The van der Waals surface area contributed by atoms with E-state index in [-0.39, 0.29) is 12.1 Å². The molecule has 0 aliphatic carbocycles. The molecule has 0 saturated heterocycles. The average molecular weight is 321 g/mol. The molecule has 2 aromatic rings. The number of rotatable bonds is 7. The summed E-state index contributed by atoms with van der Waals surface area (Å²) in [5, 5.41) is 5.03. The molecule has 2 rings (SSSR count). The molecule has 0 unspecified atom stereocenters. The Morgan fingerprint density at radius 2 is 2.18 bits per heavy atom. The molecule has 120 valence electrons. The fourth-order valence-electron chi connectivity index (χ4n) is 2.23. The van der Waals surface area contributed by atoms with Crippen LogP contribution >= 0.6 is 11.3 Å². The lowest BCUT2D eigenvalue weighted by Gasteiger charge is -2.25. The van der Waals surface area contributed by atoms with Crippen LogP contribution in [0.2, 0.25) is 0 Å². The van der Waals surface area contributed by atoms with Crippen LogP contribution in [0.25, 0.3) is 0 Å². The summed E-state index contributed by atoms with van der Waals surface area (Å²) in [6.45, 7) is 3.83. The topological polar surface area (TPSA) is 48.7 Å². The molecule has 0 aliphatic heterocycles. The average Bonchev–Trinajstić information content (AvgIpc) is 3.18. The zero-order valence-electron chi connectivity index (χ0n) is 13.3. The van der Waals surface area contributed by atoms with Gasteiger partial charge in [0.2, 0.25) is 0 Å². The van der Waals surface area contributed by atoms with Crippen molar-refractivity contribution in [1.29, 1.82) is 0 Å². The molecule has 5 nitrogen and oxygen atoms in total. The minimum atomic E-state index is -0.0469. The summed E-state index contributed by atoms with van der Waals surface area (Å²) >= 11 is 1.67. The molecule has 2 aromatic heterocycles. The number of furan rings is 1. The number of hydrogen-bond acceptors (Lipinski definition) is 4. The monoisotopic (exact) mass is 321 g/mol. The van der Waals surface area contributed by atoms with Gasteiger partial charge in [0.15, 0.2) is 0 Å². The van der Waals surface area contributed by atoms with Crippen LogP contribution in [-0.2, 0) is 6.54 Å². The van der Waals surface area contributed by atoms with E-state index >= 15 is 0 Å². The predicted octanol–water partition coefficient (Wildman–Crippen LogP) is 3.18. The first kappa shape index (κ1) is 16.6. The highest BCUT2D eigenvalue weighted by atomic mass is 32.1. The van der Waals surface area contributed by atoms with Gasteiger partial charge < -0.3 is 14.6 Å². The summed E-state index contributed by atoms with van der Waals surface area (Å²) in [6, 6.07) is 7.83. The summed E-state index contributed by atoms with van der Waals surface area (Å²) < 4.78 is 5.46. The number of carbonyl (C=O) groups is 1.